The number of Topliss-reactive ketones (excluding diaryl/α,β-unsaturated/α-hetero) is 2. The van der Waals surface area contributed by atoms with Crippen molar-refractivity contribution in [2.24, 2.45) is 11.8 Å². The van der Waals surface area contributed by atoms with Gasteiger partial charge in [-0.05, 0) is 44.4 Å². The molecule has 0 bridgehead atoms. The van der Waals surface area contributed by atoms with Crippen LogP contribution < -0.4 is 21.3 Å². The van der Waals surface area contributed by atoms with Crippen LogP contribution in [0.4, 0.5) is 5.69 Å². The minimum Gasteiger partial charge on any atom is -0.325 e. The van der Waals surface area contributed by atoms with Gasteiger partial charge < -0.3 is 21.3 Å². The van der Waals surface area contributed by atoms with Gasteiger partial charge in [0.15, 0.2) is 11.6 Å². The molecule has 0 spiro atoms. The highest BCUT2D eigenvalue weighted by atomic mass is 16.2. The molecular formula is C20H22N4O4. The van der Waals surface area contributed by atoms with Crippen LogP contribution in [-0.4, -0.2) is 50.6 Å². The zero-order chi connectivity index (χ0) is 20.3. The highest BCUT2D eigenvalue weighted by Gasteiger charge is 2.40. The minimum atomic E-state index is -0.653. The number of fused-ring (bicyclic) bond motifs is 2. The number of rotatable bonds is 6. The second-order valence-corrected chi connectivity index (χ2v) is 6.68. The maximum absolute atomic E-state index is 12.9. The lowest BCUT2D eigenvalue weighted by atomic mass is 9.72. The van der Waals surface area contributed by atoms with Gasteiger partial charge in [-0.2, -0.15) is 0 Å². The quantitative estimate of drug-likeness (QED) is 0.560. The number of benzene rings is 1. The van der Waals surface area contributed by atoms with E-state index >= 15 is 0 Å². The summed E-state index contributed by atoms with van der Waals surface area (Å²) >= 11 is 0. The number of amides is 2. The van der Waals surface area contributed by atoms with Crippen molar-refractivity contribution < 1.29 is 19.2 Å². The first kappa shape index (κ1) is 19.7. The first-order valence-electron chi connectivity index (χ1n) is 8.96. The molecule has 8 nitrogen and oxygen atoms in total. The van der Waals surface area contributed by atoms with E-state index in [0.29, 0.717) is 22.5 Å². The van der Waals surface area contributed by atoms with Crippen molar-refractivity contribution in [2.45, 2.75) is 0 Å². The first-order valence-corrected chi connectivity index (χ1v) is 8.96. The monoisotopic (exact) mass is 382 g/mol. The molecule has 0 aromatic heterocycles. The molecule has 8 heteroatoms. The number of likely N-dealkylation sites (N-methyl/N-ethyl adjacent to an activating group) is 2. The number of hydrogen-bond donors (Lipinski definition) is 4. The topological polar surface area (TPSA) is 116 Å². The second kappa shape index (κ2) is 8.28. The maximum atomic E-state index is 12.9. The third-order valence-corrected chi connectivity index (χ3v) is 4.63. The summed E-state index contributed by atoms with van der Waals surface area (Å²) in [6.07, 6.45) is 4.92. The Hall–Kier alpha value is -3.10. The molecule has 4 N–H and O–H groups in total. The predicted molar refractivity (Wildman–Crippen MR) is 104 cm³/mol. The Morgan fingerprint density at radius 1 is 0.893 bits per heavy atom. The Morgan fingerprint density at radius 2 is 1.54 bits per heavy atom. The van der Waals surface area contributed by atoms with Crippen molar-refractivity contribution in [3.05, 3.63) is 53.3 Å². The summed E-state index contributed by atoms with van der Waals surface area (Å²) in [6, 6.07) is 4.71. The van der Waals surface area contributed by atoms with E-state index in [1.165, 1.54) is 0 Å². The standard InChI is InChI=1S/C20H22N4O4/c1-21-9-17(25)23-11-3-5-13-15(7-11)19(27)14-6-4-12(8-16(14)20(13)28)24-18(26)10-22-2/h3-8,13,15,21-22H,9-10H2,1-2H3,(H,23,25)(H,24,26). The van der Waals surface area contributed by atoms with Crippen molar-refractivity contribution in [3.63, 3.8) is 0 Å². The van der Waals surface area contributed by atoms with E-state index in [1.54, 1.807) is 50.5 Å². The third kappa shape index (κ3) is 3.92. The van der Waals surface area contributed by atoms with Gasteiger partial charge in [0.25, 0.3) is 0 Å². The molecule has 3 rings (SSSR count). The molecule has 146 valence electrons. The van der Waals surface area contributed by atoms with Gasteiger partial charge in [0.05, 0.1) is 24.9 Å². The normalized spacial score (nSPS) is 20.1. The van der Waals surface area contributed by atoms with E-state index in [9.17, 15) is 19.2 Å². The van der Waals surface area contributed by atoms with Gasteiger partial charge in [-0.1, -0.05) is 6.08 Å². The minimum absolute atomic E-state index is 0.143. The zero-order valence-corrected chi connectivity index (χ0v) is 15.7. The molecule has 0 fully saturated rings. The van der Waals surface area contributed by atoms with Crippen molar-refractivity contribution in [3.8, 4) is 0 Å². The van der Waals surface area contributed by atoms with Gasteiger partial charge in [0.1, 0.15) is 0 Å². The molecular weight excluding hydrogens is 360 g/mol. The summed E-state index contributed by atoms with van der Waals surface area (Å²) < 4.78 is 0. The molecule has 2 aliphatic carbocycles. The van der Waals surface area contributed by atoms with E-state index in [2.05, 4.69) is 21.3 Å². The van der Waals surface area contributed by atoms with Crippen LogP contribution in [0.5, 0.6) is 0 Å². The molecule has 0 heterocycles. The number of carbonyl (C=O) groups excluding carboxylic acids is 4. The summed E-state index contributed by atoms with van der Waals surface area (Å²) in [7, 11) is 3.32. The highest BCUT2D eigenvalue weighted by molar-refractivity contribution is 6.18. The molecule has 2 aliphatic rings. The average Bonchev–Trinajstić information content (AvgIpc) is 2.66. The Morgan fingerprint density at radius 3 is 2.21 bits per heavy atom. The lowest BCUT2D eigenvalue weighted by Crippen LogP contribution is -2.38. The third-order valence-electron chi connectivity index (χ3n) is 4.63. The number of carbonyl (C=O) groups is 4. The molecule has 2 unspecified atom stereocenters. The average molecular weight is 382 g/mol. The lowest BCUT2D eigenvalue weighted by molar-refractivity contribution is -0.119. The summed E-state index contributed by atoms with van der Waals surface area (Å²) in [4.78, 5) is 49.4. The number of anilines is 1. The van der Waals surface area contributed by atoms with Crippen LogP contribution in [-0.2, 0) is 9.59 Å². The number of hydrogen-bond acceptors (Lipinski definition) is 6. The summed E-state index contributed by atoms with van der Waals surface area (Å²) in [5, 5.41) is 10.9. The maximum Gasteiger partial charge on any atom is 0.238 e. The molecule has 1 aromatic rings. The van der Waals surface area contributed by atoms with Gasteiger partial charge >= 0.3 is 0 Å². The smallest absolute Gasteiger partial charge is 0.238 e. The van der Waals surface area contributed by atoms with Crippen LogP contribution in [0.2, 0.25) is 0 Å². The van der Waals surface area contributed by atoms with Gasteiger partial charge in [0.2, 0.25) is 11.8 Å². The number of allylic oxidation sites excluding steroid dienone is 3. The van der Waals surface area contributed by atoms with Crippen molar-refractivity contribution >= 4 is 29.1 Å². The Bertz CT molecular complexity index is 903. The van der Waals surface area contributed by atoms with Crippen molar-refractivity contribution in [1.82, 2.24) is 16.0 Å². The lowest BCUT2D eigenvalue weighted by Gasteiger charge is -2.30. The van der Waals surface area contributed by atoms with E-state index in [1.807, 2.05) is 0 Å². The second-order valence-electron chi connectivity index (χ2n) is 6.68. The molecule has 0 saturated carbocycles. The summed E-state index contributed by atoms with van der Waals surface area (Å²) in [5.41, 5.74) is 1.59. The number of nitrogens with one attached hydrogen (secondary N) is 4. The van der Waals surface area contributed by atoms with Crippen molar-refractivity contribution in [1.29, 1.82) is 0 Å². The fraction of sp³-hybridized carbons (Fsp3) is 0.300. The van der Waals surface area contributed by atoms with Crippen molar-refractivity contribution in [2.75, 3.05) is 32.5 Å². The van der Waals surface area contributed by atoms with Gasteiger partial charge in [-0.25, -0.2) is 0 Å². The summed E-state index contributed by atoms with van der Waals surface area (Å²) in [5.74, 6) is -2.10. The van der Waals surface area contributed by atoms with Crippen LogP contribution in [0.15, 0.2) is 42.1 Å². The summed E-state index contributed by atoms with van der Waals surface area (Å²) in [6.45, 7) is 0.293. The first-order chi connectivity index (χ1) is 13.4. The van der Waals surface area contributed by atoms with Gasteiger partial charge in [-0.3, -0.25) is 19.2 Å². The number of ketones is 2. The SMILES string of the molecule is CNCC(=O)NC1=CC2C(=O)c3ccc(NC(=O)CNC)cc3C(=O)C2C=C1. The van der Waals surface area contributed by atoms with E-state index in [4.69, 9.17) is 0 Å². The fourth-order valence-electron chi connectivity index (χ4n) is 3.38. The van der Waals surface area contributed by atoms with E-state index < -0.39 is 11.8 Å². The van der Waals surface area contributed by atoms with Crippen LogP contribution in [0.3, 0.4) is 0 Å². The van der Waals surface area contributed by atoms with Gasteiger partial charge in [-0.15, -0.1) is 0 Å². The largest absolute Gasteiger partial charge is 0.325 e. The molecule has 1 aromatic carbocycles. The Kier molecular flexibility index (Phi) is 5.81. The zero-order valence-electron chi connectivity index (χ0n) is 15.7. The molecule has 0 saturated heterocycles. The van der Waals surface area contributed by atoms with Gasteiger partial charge in [0, 0.05) is 22.5 Å². The highest BCUT2D eigenvalue weighted by Crippen LogP contribution is 2.36. The van der Waals surface area contributed by atoms with E-state index in [0.717, 1.165) is 0 Å². The van der Waals surface area contributed by atoms with Crippen LogP contribution in [0, 0.1) is 11.8 Å². The van der Waals surface area contributed by atoms with E-state index in [-0.39, 0.29) is 36.5 Å². The van der Waals surface area contributed by atoms with Crippen LogP contribution in [0.25, 0.3) is 0 Å². The fourth-order valence-corrected chi connectivity index (χ4v) is 3.38. The van der Waals surface area contributed by atoms with Crippen LogP contribution >= 0.6 is 0 Å². The molecule has 2 atom stereocenters. The molecule has 0 radical (unpaired) electrons. The Labute approximate surface area is 162 Å². The molecule has 0 aliphatic heterocycles. The molecule has 2 amide bonds. The van der Waals surface area contributed by atoms with Crippen LogP contribution in [0.1, 0.15) is 20.7 Å². The Balaban J connectivity index is 1.85. The predicted octanol–water partition coefficient (Wildman–Crippen LogP) is 0.245. The molecule has 28 heavy (non-hydrogen) atoms.